The van der Waals surface area contributed by atoms with E-state index in [1.165, 1.54) is 12.1 Å². The van der Waals surface area contributed by atoms with Crippen molar-refractivity contribution in [3.05, 3.63) is 28.4 Å². The maximum Gasteiger partial charge on any atom is 0.332 e. The highest BCUT2D eigenvalue weighted by molar-refractivity contribution is 6.39. The summed E-state index contributed by atoms with van der Waals surface area (Å²) in [4.78, 5) is 21.8. The van der Waals surface area contributed by atoms with Gasteiger partial charge in [-0.3, -0.25) is 14.8 Å². The van der Waals surface area contributed by atoms with Crippen LogP contribution in [0.3, 0.4) is 0 Å². The van der Waals surface area contributed by atoms with Crippen LogP contribution in [-0.4, -0.2) is 22.2 Å². The molecule has 8 nitrogen and oxygen atoms in total. The first-order chi connectivity index (χ1) is 7.95. The number of anilines is 1. The summed E-state index contributed by atoms with van der Waals surface area (Å²) < 4.78 is 0. The molecule has 1 aromatic rings. The zero-order valence-corrected chi connectivity index (χ0v) is 8.99. The van der Waals surface area contributed by atoms with Gasteiger partial charge >= 0.3 is 11.8 Å². The van der Waals surface area contributed by atoms with E-state index in [0.29, 0.717) is 0 Å². The second-order valence-corrected chi connectivity index (χ2v) is 3.33. The zero-order valence-electron chi connectivity index (χ0n) is 8.23. The van der Waals surface area contributed by atoms with E-state index in [-0.39, 0.29) is 16.4 Å². The predicted octanol–water partition coefficient (Wildman–Crippen LogP) is -0.813. The monoisotopic (exact) mass is 261 g/mol. The summed E-state index contributed by atoms with van der Waals surface area (Å²) in [5, 5.41) is 28.8. The number of hydrogen-bond donors (Lipinski definition) is 5. The molecule has 0 saturated carbocycles. The predicted molar refractivity (Wildman–Crippen MR) is 55.8 cm³/mol. The quantitative estimate of drug-likeness (QED) is 0.270. The van der Waals surface area contributed by atoms with E-state index >= 15 is 0 Å². The minimum absolute atomic E-state index is 0.101. The van der Waals surface area contributed by atoms with Gasteiger partial charge in [0.05, 0.1) is 0 Å². The molecule has 1 unspecified atom stereocenters. The van der Waals surface area contributed by atoms with Gasteiger partial charge in [-0.15, -0.1) is 0 Å². The van der Waals surface area contributed by atoms with Crippen molar-refractivity contribution in [3.63, 3.8) is 0 Å². The molecule has 1 rings (SSSR count). The number of carbonyl (C=O) groups is 2. The lowest BCUT2D eigenvalue weighted by molar-refractivity contribution is -0.990. The Morgan fingerprint density at radius 2 is 2.00 bits per heavy atom. The molecule has 2 amide bonds. The van der Waals surface area contributed by atoms with Crippen molar-refractivity contribution in [3.8, 4) is 0 Å². The number of nitrogens with one attached hydrogen (secondary N) is 3. The Kier molecular flexibility index (Phi) is 4.37. The summed E-state index contributed by atoms with van der Waals surface area (Å²) in [5.41, 5.74) is 0.752. The Morgan fingerprint density at radius 1 is 1.35 bits per heavy atom. The molecule has 0 radical (unpaired) electrons. The van der Waals surface area contributed by atoms with Crippen molar-refractivity contribution >= 4 is 34.8 Å². The van der Waals surface area contributed by atoms with Crippen LogP contribution >= 0.6 is 11.6 Å². The molecule has 0 aliphatic rings. The van der Waals surface area contributed by atoms with Crippen LogP contribution in [0, 0.1) is 5.21 Å². The van der Waals surface area contributed by atoms with E-state index in [9.17, 15) is 14.8 Å². The molecule has 0 bridgehead atoms. The minimum Gasteiger partial charge on any atom is -0.595 e. The second-order valence-electron chi connectivity index (χ2n) is 2.89. The Bertz CT molecular complexity index is 451. The van der Waals surface area contributed by atoms with Crippen molar-refractivity contribution in [1.29, 1.82) is 0 Å². The SMILES string of the molecule is O=C(NO)C(=O)Nc1ccc(Cl)cc1[NH+]([O-])O. The number of rotatable bonds is 2. The first-order valence-electron chi connectivity index (χ1n) is 4.24. The summed E-state index contributed by atoms with van der Waals surface area (Å²) >= 11 is 5.59. The molecule has 92 valence electrons. The van der Waals surface area contributed by atoms with Crippen molar-refractivity contribution in [2.45, 2.75) is 0 Å². The molecule has 9 heteroatoms. The highest BCUT2D eigenvalue weighted by atomic mass is 35.5. The van der Waals surface area contributed by atoms with E-state index in [4.69, 9.17) is 22.0 Å². The smallest absolute Gasteiger partial charge is 0.332 e. The molecule has 5 N–H and O–H groups in total. The van der Waals surface area contributed by atoms with Crippen LogP contribution in [0.2, 0.25) is 5.02 Å². The third kappa shape index (κ3) is 3.37. The number of quaternary nitrogens is 1. The van der Waals surface area contributed by atoms with Crippen molar-refractivity contribution in [1.82, 2.24) is 5.48 Å². The highest BCUT2D eigenvalue weighted by Gasteiger charge is 2.17. The van der Waals surface area contributed by atoms with Crippen LogP contribution in [0.25, 0.3) is 0 Å². The standard InChI is InChI=1S/C8H8ClN3O5/c9-4-1-2-5(6(3-4)12(16)17)10-7(13)8(14)11-15/h1-3,12,15-16H,(H,10,13)(H,11,14). The minimum atomic E-state index is -1.31. The molecular weight excluding hydrogens is 254 g/mol. The topological polar surface area (TPSA) is 126 Å². The van der Waals surface area contributed by atoms with Crippen LogP contribution in [0.4, 0.5) is 11.4 Å². The van der Waals surface area contributed by atoms with Gasteiger partial charge in [-0.1, -0.05) is 11.6 Å². The first-order valence-corrected chi connectivity index (χ1v) is 4.61. The lowest BCUT2D eigenvalue weighted by Gasteiger charge is -2.15. The maximum atomic E-state index is 11.1. The van der Waals surface area contributed by atoms with Gasteiger partial charge in [-0.05, 0) is 12.1 Å². The molecule has 0 saturated heterocycles. The molecule has 17 heavy (non-hydrogen) atoms. The number of hydrogen-bond acceptors (Lipinski definition) is 5. The summed E-state index contributed by atoms with van der Waals surface area (Å²) in [6.45, 7) is 0. The van der Waals surface area contributed by atoms with Gasteiger partial charge in [0, 0.05) is 11.1 Å². The van der Waals surface area contributed by atoms with E-state index < -0.39 is 17.0 Å². The van der Waals surface area contributed by atoms with Gasteiger partial charge in [0.2, 0.25) is 0 Å². The molecule has 1 aromatic carbocycles. The Morgan fingerprint density at radius 3 is 2.53 bits per heavy atom. The first kappa shape index (κ1) is 13.4. The van der Waals surface area contributed by atoms with Crippen molar-refractivity contribution in [2.75, 3.05) is 5.32 Å². The fourth-order valence-electron chi connectivity index (χ4n) is 1.03. The Labute approximate surface area is 99.9 Å². The second kappa shape index (κ2) is 5.57. The summed E-state index contributed by atoms with van der Waals surface area (Å²) in [5.74, 6) is -2.51. The lowest BCUT2D eigenvalue weighted by Crippen LogP contribution is -2.99. The maximum absolute atomic E-state index is 11.1. The number of hydroxylamine groups is 1. The molecule has 0 spiro atoms. The number of carbonyl (C=O) groups excluding carboxylic acids is 2. The van der Waals surface area contributed by atoms with Crippen LogP contribution in [0.15, 0.2) is 18.2 Å². The van der Waals surface area contributed by atoms with E-state index in [1.807, 2.05) is 5.32 Å². The van der Waals surface area contributed by atoms with Crippen LogP contribution in [0.5, 0.6) is 0 Å². The third-order valence-electron chi connectivity index (χ3n) is 1.77. The lowest BCUT2D eigenvalue weighted by atomic mass is 10.2. The van der Waals surface area contributed by atoms with Crippen LogP contribution < -0.4 is 16.0 Å². The average molecular weight is 262 g/mol. The Balaban J connectivity index is 2.98. The molecule has 0 heterocycles. The summed E-state index contributed by atoms with van der Waals surface area (Å²) in [7, 11) is 0. The number of amides is 2. The van der Waals surface area contributed by atoms with Crippen molar-refractivity contribution < 1.29 is 25.2 Å². The van der Waals surface area contributed by atoms with Gasteiger partial charge in [0.1, 0.15) is 5.69 Å². The third-order valence-corrected chi connectivity index (χ3v) is 2.00. The van der Waals surface area contributed by atoms with E-state index in [2.05, 4.69) is 0 Å². The fourth-order valence-corrected chi connectivity index (χ4v) is 1.20. The van der Waals surface area contributed by atoms with Gasteiger partial charge in [0.15, 0.2) is 5.69 Å². The zero-order chi connectivity index (χ0) is 13.0. The van der Waals surface area contributed by atoms with Gasteiger partial charge < -0.3 is 10.5 Å². The van der Waals surface area contributed by atoms with Gasteiger partial charge in [0.25, 0.3) is 0 Å². The largest absolute Gasteiger partial charge is 0.595 e. The van der Waals surface area contributed by atoms with Crippen LogP contribution in [-0.2, 0) is 9.59 Å². The average Bonchev–Trinajstić information content (AvgIpc) is 2.29. The highest BCUT2D eigenvalue weighted by Crippen LogP contribution is 2.22. The molecule has 0 aliphatic heterocycles. The normalized spacial score (nSPS) is 11.8. The fraction of sp³-hybridized carbons (Fsp3) is 0. The molecule has 0 aromatic heterocycles. The number of halogens is 1. The summed E-state index contributed by atoms with van der Waals surface area (Å²) in [6.07, 6.45) is 0. The van der Waals surface area contributed by atoms with Crippen molar-refractivity contribution in [2.24, 2.45) is 0 Å². The molecular formula is C8H8ClN3O5. The number of benzene rings is 1. The van der Waals surface area contributed by atoms with Crippen LogP contribution in [0.1, 0.15) is 0 Å². The van der Waals surface area contributed by atoms with Gasteiger partial charge in [-0.2, -0.15) is 5.23 Å². The summed E-state index contributed by atoms with van der Waals surface area (Å²) in [6, 6.07) is 3.70. The van der Waals surface area contributed by atoms with Gasteiger partial charge in [-0.25, -0.2) is 10.7 Å². The molecule has 0 fully saturated rings. The Hall–Kier alpha value is -1.71. The molecule has 1 atom stereocenters. The van der Waals surface area contributed by atoms with E-state index in [1.54, 1.807) is 0 Å². The van der Waals surface area contributed by atoms with E-state index in [0.717, 1.165) is 11.5 Å². The molecule has 0 aliphatic carbocycles.